The molecular weight excluding hydrogens is 418 g/mol. The number of imidazole rings is 1. The molecule has 1 saturated heterocycles. The van der Waals surface area contributed by atoms with Crippen LogP contribution in [0.3, 0.4) is 0 Å². The summed E-state index contributed by atoms with van der Waals surface area (Å²) in [4.78, 5) is 20.7. The van der Waals surface area contributed by atoms with Gasteiger partial charge in [-0.1, -0.05) is 44.5 Å². The average molecular weight is 446 g/mol. The number of hydrogen-bond donors (Lipinski definition) is 0. The Morgan fingerprint density at radius 1 is 1.33 bits per heavy atom. The van der Waals surface area contributed by atoms with Gasteiger partial charge in [0, 0.05) is 59.4 Å². The molecule has 1 amide bonds. The molecule has 160 valence electrons. The van der Waals surface area contributed by atoms with E-state index in [4.69, 9.17) is 21.3 Å². The fourth-order valence-corrected chi connectivity index (χ4v) is 4.84. The van der Waals surface area contributed by atoms with E-state index in [1.165, 1.54) is 5.69 Å². The molecule has 1 aliphatic rings. The van der Waals surface area contributed by atoms with Gasteiger partial charge in [0.2, 0.25) is 5.91 Å². The number of rotatable bonds is 6. The Hall–Kier alpha value is -1.89. The van der Waals surface area contributed by atoms with Gasteiger partial charge < -0.3 is 9.64 Å². The van der Waals surface area contributed by atoms with Gasteiger partial charge in [-0.2, -0.15) is 0 Å². The van der Waals surface area contributed by atoms with E-state index in [-0.39, 0.29) is 12.0 Å². The number of nitrogens with zero attached hydrogens (tertiary/aromatic N) is 3. The minimum Gasteiger partial charge on any atom is -0.376 e. The number of amides is 1. The number of carbonyl (C=O) groups excluding carboxylic acids is 1. The number of thiazole rings is 1. The zero-order valence-corrected chi connectivity index (χ0v) is 19.3. The number of halogens is 1. The Bertz CT molecular complexity index is 1010. The van der Waals surface area contributed by atoms with Crippen molar-refractivity contribution in [2.24, 2.45) is 5.41 Å². The van der Waals surface area contributed by atoms with E-state index in [1.54, 1.807) is 11.3 Å². The van der Waals surface area contributed by atoms with Crippen molar-refractivity contribution >= 4 is 33.8 Å². The van der Waals surface area contributed by atoms with Crippen LogP contribution in [0.2, 0.25) is 5.02 Å². The molecule has 1 aliphatic heterocycles. The van der Waals surface area contributed by atoms with Crippen molar-refractivity contribution in [3.05, 3.63) is 46.6 Å². The summed E-state index contributed by atoms with van der Waals surface area (Å²) in [5.74, 6) is 0.178. The van der Waals surface area contributed by atoms with Crippen LogP contribution in [0.25, 0.3) is 16.2 Å². The lowest BCUT2D eigenvalue weighted by Gasteiger charge is -2.31. The fourth-order valence-electron chi connectivity index (χ4n) is 3.80. The van der Waals surface area contributed by atoms with Crippen LogP contribution in [0.1, 0.15) is 39.3 Å². The second-order valence-corrected chi connectivity index (χ2v) is 10.2. The Morgan fingerprint density at radius 3 is 2.77 bits per heavy atom. The van der Waals surface area contributed by atoms with E-state index < -0.39 is 5.41 Å². The molecule has 0 N–H and O–H groups in total. The summed E-state index contributed by atoms with van der Waals surface area (Å²) in [7, 11) is 0. The van der Waals surface area contributed by atoms with Gasteiger partial charge in [0.25, 0.3) is 0 Å². The summed E-state index contributed by atoms with van der Waals surface area (Å²) in [6, 6.07) is 7.73. The third-order valence-corrected chi connectivity index (χ3v) is 6.58. The summed E-state index contributed by atoms with van der Waals surface area (Å²) in [5.41, 5.74) is 2.74. The molecule has 1 fully saturated rings. The molecule has 1 atom stereocenters. The molecule has 0 saturated carbocycles. The van der Waals surface area contributed by atoms with E-state index >= 15 is 0 Å². The second-order valence-electron chi connectivity index (χ2n) is 8.90. The smallest absolute Gasteiger partial charge is 0.228 e. The topological polar surface area (TPSA) is 46.8 Å². The molecular formula is C23H28ClN3O2S. The Labute approximate surface area is 186 Å². The highest BCUT2D eigenvalue weighted by Gasteiger charge is 2.30. The van der Waals surface area contributed by atoms with E-state index in [9.17, 15) is 4.79 Å². The molecule has 7 heteroatoms. The van der Waals surface area contributed by atoms with Gasteiger partial charge in [0.05, 0.1) is 11.8 Å². The molecule has 0 aliphatic carbocycles. The highest BCUT2D eigenvalue weighted by atomic mass is 35.5. The summed E-state index contributed by atoms with van der Waals surface area (Å²) < 4.78 is 7.94. The first-order chi connectivity index (χ1) is 14.3. The van der Waals surface area contributed by atoms with Crippen molar-refractivity contribution in [2.75, 3.05) is 19.7 Å². The molecule has 1 aromatic carbocycles. The number of fused-ring (bicyclic) bond motifs is 1. The number of hydrogen-bond acceptors (Lipinski definition) is 4. The van der Waals surface area contributed by atoms with E-state index in [0.717, 1.165) is 47.1 Å². The van der Waals surface area contributed by atoms with Crippen LogP contribution in [-0.4, -0.2) is 46.0 Å². The minimum atomic E-state index is -0.403. The minimum absolute atomic E-state index is 0.156. The van der Waals surface area contributed by atoms with Gasteiger partial charge in [-0.3, -0.25) is 9.20 Å². The van der Waals surface area contributed by atoms with Crippen LogP contribution in [-0.2, 0) is 16.0 Å². The zero-order chi connectivity index (χ0) is 21.3. The van der Waals surface area contributed by atoms with Crippen LogP contribution in [0, 0.1) is 5.41 Å². The first-order valence-electron chi connectivity index (χ1n) is 10.4. The molecule has 0 spiro atoms. The zero-order valence-electron chi connectivity index (χ0n) is 17.7. The van der Waals surface area contributed by atoms with Crippen molar-refractivity contribution in [3.63, 3.8) is 0 Å². The molecule has 5 nitrogen and oxygen atoms in total. The molecule has 3 aromatic rings. The Kier molecular flexibility index (Phi) is 6.19. The Morgan fingerprint density at radius 2 is 2.10 bits per heavy atom. The molecule has 1 unspecified atom stereocenters. The summed E-state index contributed by atoms with van der Waals surface area (Å²) in [6.07, 6.45) is 5.12. The predicted molar refractivity (Wildman–Crippen MR) is 122 cm³/mol. The molecule has 0 bridgehead atoms. The lowest BCUT2D eigenvalue weighted by molar-refractivity contribution is -0.141. The van der Waals surface area contributed by atoms with E-state index in [1.807, 2.05) is 49.9 Å². The van der Waals surface area contributed by atoms with Crippen LogP contribution in [0.15, 0.2) is 35.8 Å². The van der Waals surface area contributed by atoms with Gasteiger partial charge in [0.1, 0.15) is 0 Å². The lowest BCUT2D eigenvalue weighted by atomic mass is 9.94. The quantitative estimate of drug-likeness (QED) is 0.516. The number of benzene rings is 1. The normalized spacial score (nSPS) is 17.0. The van der Waals surface area contributed by atoms with Crippen LogP contribution >= 0.6 is 22.9 Å². The molecule has 2 aromatic heterocycles. The van der Waals surface area contributed by atoms with Crippen molar-refractivity contribution in [3.8, 4) is 11.3 Å². The maximum Gasteiger partial charge on any atom is 0.228 e. The van der Waals surface area contributed by atoms with Crippen molar-refractivity contribution in [1.82, 2.24) is 14.3 Å². The molecule has 4 rings (SSSR count). The number of aromatic nitrogens is 2. The van der Waals surface area contributed by atoms with Crippen molar-refractivity contribution < 1.29 is 9.53 Å². The van der Waals surface area contributed by atoms with Crippen LogP contribution in [0.5, 0.6) is 0 Å². The third kappa shape index (κ3) is 4.71. The first kappa shape index (κ1) is 21.3. The van der Waals surface area contributed by atoms with Crippen LogP contribution in [0.4, 0.5) is 0 Å². The standard InChI is InChI=1S/C23H28ClN3O2S/c1-23(2,3)21(28)26(13-19-5-4-12-29-19)11-10-18-15-30-22-25-20(14-27(18)22)16-6-8-17(24)9-7-16/h6-9,14-15,19H,4-5,10-13H2,1-3H3. The van der Waals surface area contributed by atoms with Gasteiger partial charge in [0.15, 0.2) is 4.96 Å². The second kappa shape index (κ2) is 8.69. The van der Waals surface area contributed by atoms with Gasteiger partial charge in [-0.25, -0.2) is 4.98 Å². The molecule has 30 heavy (non-hydrogen) atoms. The van der Waals surface area contributed by atoms with Gasteiger partial charge in [-0.05, 0) is 25.0 Å². The predicted octanol–water partition coefficient (Wildman–Crippen LogP) is 5.31. The fraction of sp³-hybridized carbons (Fsp3) is 0.478. The van der Waals surface area contributed by atoms with Gasteiger partial charge >= 0.3 is 0 Å². The molecule has 0 radical (unpaired) electrons. The van der Waals surface area contributed by atoms with Crippen molar-refractivity contribution in [2.45, 2.75) is 46.1 Å². The van der Waals surface area contributed by atoms with Gasteiger partial charge in [-0.15, -0.1) is 11.3 Å². The summed E-state index contributed by atoms with van der Waals surface area (Å²) in [6.45, 7) is 8.09. The van der Waals surface area contributed by atoms with Crippen LogP contribution < -0.4 is 0 Å². The third-order valence-electron chi connectivity index (χ3n) is 5.44. The maximum absolute atomic E-state index is 13.0. The molecule has 3 heterocycles. The average Bonchev–Trinajstić information content (AvgIpc) is 3.42. The number of ether oxygens (including phenoxy) is 1. The highest BCUT2D eigenvalue weighted by molar-refractivity contribution is 7.15. The number of carbonyl (C=O) groups is 1. The summed E-state index contributed by atoms with van der Waals surface area (Å²) >= 11 is 7.64. The van der Waals surface area contributed by atoms with Crippen molar-refractivity contribution in [1.29, 1.82) is 0 Å². The SMILES string of the molecule is CC(C)(C)C(=O)N(CCc1csc2nc(-c3ccc(Cl)cc3)cn12)CC1CCCO1. The van der Waals surface area contributed by atoms with E-state index in [0.29, 0.717) is 13.1 Å². The highest BCUT2D eigenvalue weighted by Crippen LogP contribution is 2.26. The maximum atomic E-state index is 13.0. The summed E-state index contributed by atoms with van der Waals surface area (Å²) in [5, 5.41) is 2.86. The lowest BCUT2D eigenvalue weighted by Crippen LogP contribution is -2.44. The largest absolute Gasteiger partial charge is 0.376 e. The Balaban J connectivity index is 1.51. The first-order valence-corrected chi connectivity index (χ1v) is 11.7. The monoisotopic (exact) mass is 445 g/mol. The van der Waals surface area contributed by atoms with E-state index in [2.05, 4.69) is 16.0 Å².